The Balaban J connectivity index is 1.70. The number of aromatic nitrogens is 3. The van der Waals surface area contributed by atoms with Crippen LogP contribution in [0.15, 0.2) is 4.42 Å². The number of carboxylic acids is 1. The van der Waals surface area contributed by atoms with Crippen molar-refractivity contribution in [3.05, 3.63) is 28.1 Å². The van der Waals surface area contributed by atoms with E-state index < -0.39 is 5.97 Å². The van der Waals surface area contributed by atoms with E-state index in [0.717, 1.165) is 0 Å². The van der Waals surface area contributed by atoms with Crippen LogP contribution < -0.4 is 10.2 Å². The van der Waals surface area contributed by atoms with E-state index in [9.17, 15) is 14.7 Å². The van der Waals surface area contributed by atoms with E-state index in [4.69, 9.17) is 20.8 Å². The third kappa shape index (κ3) is 4.54. The minimum atomic E-state index is -1.13. The SMILES string of the molecule is CCO[C@H]1CN(c2nc(C(=O)O)c(C)o2)CC[C@H]1NC(=O)c1nc(Cl)c(CC)[nH]1. The Morgan fingerprint density at radius 3 is 2.76 bits per heavy atom. The zero-order valence-corrected chi connectivity index (χ0v) is 17.2. The highest BCUT2D eigenvalue weighted by atomic mass is 35.5. The van der Waals surface area contributed by atoms with Gasteiger partial charge in [-0.1, -0.05) is 18.5 Å². The lowest BCUT2D eigenvalue weighted by Gasteiger charge is -2.37. The first-order valence-corrected chi connectivity index (χ1v) is 9.84. The van der Waals surface area contributed by atoms with E-state index in [1.165, 1.54) is 0 Å². The van der Waals surface area contributed by atoms with Gasteiger partial charge < -0.3 is 29.5 Å². The molecular formula is C18H24ClN5O5. The molecule has 0 unspecified atom stereocenters. The molecule has 3 N–H and O–H groups in total. The number of imidazole rings is 1. The van der Waals surface area contributed by atoms with Gasteiger partial charge in [0, 0.05) is 13.2 Å². The number of halogens is 1. The van der Waals surface area contributed by atoms with Crippen molar-refractivity contribution in [3.63, 3.8) is 0 Å². The molecule has 11 heteroatoms. The maximum absolute atomic E-state index is 12.6. The lowest BCUT2D eigenvalue weighted by atomic mass is 10.0. The quantitative estimate of drug-likeness (QED) is 0.613. The van der Waals surface area contributed by atoms with Gasteiger partial charge in [0.25, 0.3) is 11.9 Å². The third-order valence-corrected chi connectivity index (χ3v) is 5.12. The van der Waals surface area contributed by atoms with Gasteiger partial charge in [0.15, 0.2) is 16.7 Å². The monoisotopic (exact) mass is 425 g/mol. The number of hydrogen-bond donors (Lipinski definition) is 3. The van der Waals surface area contributed by atoms with Crippen LogP contribution in [0.3, 0.4) is 0 Å². The maximum atomic E-state index is 12.6. The highest BCUT2D eigenvalue weighted by molar-refractivity contribution is 6.30. The summed E-state index contributed by atoms with van der Waals surface area (Å²) in [6.45, 7) is 6.73. The molecule has 1 aliphatic heterocycles. The fourth-order valence-corrected chi connectivity index (χ4v) is 3.59. The van der Waals surface area contributed by atoms with Crippen molar-refractivity contribution in [2.24, 2.45) is 0 Å². The van der Waals surface area contributed by atoms with Crippen LogP contribution in [-0.4, -0.2) is 63.8 Å². The average Bonchev–Trinajstić information content (AvgIpc) is 3.26. The van der Waals surface area contributed by atoms with Gasteiger partial charge in [0.2, 0.25) is 0 Å². The summed E-state index contributed by atoms with van der Waals surface area (Å²) < 4.78 is 11.3. The molecule has 10 nitrogen and oxygen atoms in total. The number of carbonyl (C=O) groups excluding carboxylic acids is 1. The molecule has 29 heavy (non-hydrogen) atoms. The van der Waals surface area contributed by atoms with Gasteiger partial charge in [0.05, 0.1) is 24.4 Å². The lowest BCUT2D eigenvalue weighted by molar-refractivity contribution is 0.0262. The highest BCUT2D eigenvalue weighted by Crippen LogP contribution is 2.24. The molecule has 3 heterocycles. The number of aromatic carboxylic acids is 1. The molecule has 2 aromatic heterocycles. The highest BCUT2D eigenvalue weighted by Gasteiger charge is 2.34. The summed E-state index contributed by atoms with van der Waals surface area (Å²) in [4.78, 5) is 36.7. The van der Waals surface area contributed by atoms with Crippen LogP contribution >= 0.6 is 11.6 Å². The number of carboxylic acid groups (broad SMARTS) is 1. The molecule has 2 aromatic rings. The van der Waals surface area contributed by atoms with E-state index in [2.05, 4.69) is 20.3 Å². The van der Waals surface area contributed by atoms with Crippen molar-refractivity contribution in [2.75, 3.05) is 24.6 Å². The fourth-order valence-electron chi connectivity index (χ4n) is 3.32. The van der Waals surface area contributed by atoms with E-state index in [-0.39, 0.29) is 41.3 Å². The zero-order chi connectivity index (χ0) is 21.1. The molecule has 1 aliphatic rings. The number of nitrogens with zero attached hydrogens (tertiary/aromatic N) is 3. The molecular weight excluding hydrogens is 402 g/mol. The van der Waals surface area contributed by atoms with Crippen LogP contribution in [0.25, 0.3) is 0 Å². The molecule has 0 spiro atoms. The normalized spacial score (nSPS) is 19.4. The molecule has 0 bridgehead atoms. The van der Waals surface area contributed by atoms with Gasteiger partial charge in [0.1, 0.15) is 5.76 Å². The lowest BCUT2D eigenvalue weighted by Crippen LogP contribution is -2.55. The number of carbonyl (C=O) groups is 2. The molecule has 0 radical (unpaired) electrons. The van der Waals surface area contributed by atoms with E-state index >= 15 is 0 Å². The predicted molar refractivity (Wildman–Crippen MR) is 105 cm³/mol. The molecule has 1 fully saturated rings. The van der Waals surface area contributed by atoms with Crippen LogP contribution in [0.4, 0.5) is 6.01 Å². The standard InChI is InChI=1S/C18H24ClN5O5/c1-4-10-14(19)23-15(20-10)16(25)21-11-6-7-24(8-12(11)28-5-2)18-22-13(17(26)27)9(3)29-18/h11-12H,4-8H2,1-3H3,(H,20,23)(H,21,25)(H,26,27)/t11-,12+/m1/s1. The Bertz CT molecular complexity index is 895. The largest absolute Gasteiger partial charge is 0.476 e. The number of hydrogen-bond acceptors (Lipinski definition) is 7. The van der Waals surface area contributed by atoms with Crippen LogP contribution in [0.1, 0.15) is 52.8 Å². The number of anilines is 1. The first-order valence-electron chi connectivity index (χ1n) is 9.46. The molecule has 0 aromatic carbocycles. The number of aryl methyl sites for hydroxylation is 2. The molecule has 158 valence electrons. The minimum absolute atomic E-state index is 0.107. The van der Waals surface area contributed by atoms with Gasteiger partial charge in [-0.05, 0) is 26.7 Å². The second-order valence-corrected chi connectivity index (χ2v) is 7.08. The summed E-state index contributed by atoms with van der Waals surface area (Å²) in [6.07, 6.45) is 0.886. The Morgan fingerprint density at radius 1 is 1.41 bits per heavy atom. The Kier molecular flexibility index (Phi) is 6.43. The summed E-state index contributed by atoms with van der Waals surface area (Å²) >= 11 is 6.02. The van der Waals surface area contributed by atoms with Gasteiger partial charge in [-0.25, -0.2) is 9.78 Å². The summed E-state index contributed by atoms with van der Waals surface area (Å²) in [5, 5.41) is 12.4. The summed E-state index contributed by atoms with van der Waals surface area (Å²) in [6, 6.07) is -0.0116. The van der Waals surface area contributed by atoms with Crippen LogP contribution in [0.2, 0.25) is 5.15 Å². The summed E-state index contributed by atoms with van der Waals surface area (Å²) in [5.74, 6) is -1.07. The minimum Gasteiger partial charge on any atom is -0.476 e. The fraction of sp³-hybridized carbons (Fsp3) is 0.556. The number of rotatable bonds is 7. The van der Waals surface area contributed by atoms with Gasteiger partial charge in [-0.2, -0.15) is 4.98 Å². The number of aromatic amines is 1. The predicted octanol–water partition coefficient (Wildman–Crippen LogP) is 2.03. The summed E-state index contributed by atoms with van der Waals surface area (Å²) in [7, 11) is 0. The van der Waals surface area contributed by atoms with Crippen molar-refractivity contribution >= 4 is 29.5 Å². The molecule has 3 rings (SSSR count). The van der Waals surface area contributed by atoms with Crippen molar-refractivity contribution in [1.29, 1.82) is 0 Å². The molecule has 1 amide bonds. The molecule has 2 atom stereocenters. The number of ether oxygens (including phenoxy) is 1. The average molecular weight is 426 g/mol. The first-order chi connectivity index (χ1) is 13.8. The van der Waals surface area contributed by atoms with Crippen LogP contribution in [0, 0.1) is 6.92 Å². The number of amides is 1. The second kappa shape index (κ2) is 8.83. The Morgan fingerprint density at radius 2 is 2.17 bits per heavy atom. The van der Waals surface area contributed by atoms with Gasteiger partial charge in [-0.3, -0.25) is 4.79 Å². The zero-order valence-electron chi connectivity index (χ0n) is 16.5. The number of nitrogens with one attached hydrogen (secondary N) is 2. The number of H-pyrrole nitrogens is 1. The molecule has 0 saturated carbocycles. The number of piperidine rings is 1. The van der Waals surface area contributed by atoms with Gasteiger partial charge in [-0.15, -0.1) is 0 Å². The maximum Gasteiger partial charge on any atom is 0.358 e. The van der Waals surface area contributed by atoms with Gasteiger partial charge >= 0.3 is 5.97 Å². The van der Waals surface area contributed by atoms with E-state index in [1.54, 1.807) is 6.92 Å². The topological polar surface area (TPSA) is 134 Å². The van der Waals surface area contributed by atoms with Crippen LogP contribution in [-0.2, 0) is 11.2 Å². The molecule has 0 aliphatic carbocycles. The van der Waals surface area contributed by atoms with Crippen molar-refractivity contribution < 1.29 is 23.8 Å². The van der Waals surface area contributed by atoms with E-state index in [0.29, 0.717) is 43.4 Å². The van der Waals surface area contributed by atoms with Crippen molar-refractivity contribution in [2.45, 2.75) is 45.8 Å². The first kappa shape index (κ1) is 21.1. The van der Waals surface area contributed by atoms with E-state index in [1.807, 2.05) is 18.7 Å². The Labute approximate surface area is 172 Å². The van der Waals surface area contributed by atoms with Crippen LogP contribution in [0.5, 0.6) is 0 Å². The smallest absolute Gasteiger partial charge is 0.358 e. The molecule has 1 saturated heterocycles. The summed E-state index contributed by atoms with van der Waals surface area (Å²) in [5.41, 5.74) is 0.603. The second-order valence-electron chi connectivity index (χ2n) is 6.72. The van der Waals surface area contributed by atoms with Crippen molar-refractivity contribution in [1.82, 2.24) is 20.3 Å². The third-order valence-electron chi connectivity index (χ3n) is 4.81. The van der Waals surface area contributed by atoms with Crippen molar-refractivity contribution in [3.8, 4) is 0 Å². The Hall–Kier alpha value is -2.59. The number of oxazole rings is 1.